The van der Waals surface area contributed by atoms with Crippen LogP contribution in [-0.4, -0.2) is 25.1 Å². The van der Waals surface area contributed by atoms with E-state index in [1.165, 1.54) is 12.1 Å². The smallest absolute Gasteiger partial charge is 0.143 e. The van der Waals surface area contributed by atoms with E-state index in [9.17, 15) is 8.78 Å². The van der Waals surface area contributed by atoms with E-state index in [2.05, 4.69) is 21.2 Å². The summed E-state index contributed by atoms with van der Waals surface area (Å²) in [7, 11) is 1.82. The summed E-state index contributed by atoms with van der Waals surface area (Å²) in [5, 5.41) is 3.10. The summed E-state index contributed by atoms with van der Waals surface area (Å²) in [6, 6.07) is 2.79. The number of nitrogens with one attached hydrogen (secondary N) is 1. The van der Waals surface area contributed by atoms with E-state index in [-0.39, 0.29) is 11.6 Å². The Labute approximate surface area is 113 Å². The summed E-state index contributed by atoms with van der Waals surface area (Å²) in [6.45, 7) is 0. The van der Waals surface area contributed by atoms with Gasteiger partial charge in [-0.2, -0.15) is 11.8 Å². The number of thioether (sulfide) groups is 1. The molecule has 1 nitrogen and oxygen atoms in total. The zero-order valence-corrected chi connectivity index (χ0v) is 12.3. The summed E-state index contributed by atoms with van der Waals surface area (Å²) < 4.78 is 27.6. The van der Waals surface area contributed by atoms with Crippen molar-refractivity contribution >= 4 is 27.7 Å². The largest absolute Gasteiger partial charge is 0.317 e. The van der Waals surface area contributed by atoms with Crippen molar-refractivity contribution in [3.8, 4) is 0 Å². The van der Waals surface area contributed by atoms with Gasteiger partial charge in [0.2, 0.25) is 0 Å². The molecule has 0 spiro atoms. The van der Waals surface area contributed by atoms with Crippen LogP contribution in [0.5, 0.6) is 0 Å². The third-order valence-electron chi connectivity index (χ3n) is 2.67. The molecule has 0 heterocycles. The molecule has 0 radical (unpaired) electrons. The predicted octanol–water partition coefficient (Wildman–Crippen LogP) is 3.61. The molecule has 96 valence electrons. The van der Waals surface area contributed by atoms with Crippen LogP contribution >= 0.6 is 27.7 Å². The van der Waals surface area contributed by atoms with Crippen LogP contribution in [0.15, 0.2) is 16.6 Å². The van der Waals surface area contributed by atoms with Gasteiger partial charge in [-0.3, -0.25) is 0 Å². The van der Waals surface area contributed by atoms with Crippen molar-refractivity contribution in [1.82, 2.24) is 5.32 Å². The minimum atomic E-state index is -0.491. The minimum Gasteiger partial charge on any atom is -0.317 e. The number of benzene rings is 1. The molecule has 0 saturated carbocycles. The van der Waals surface area contributed by atoms with E-state index in [1.807, 2.05) is 13.3 Å². The lowest BCUT2D eigenvalue weighted by molar-refractivity contribution is 0.495. The molecule has 5 heteroatoms. The lowest BCUT2D eigenvalue weighted by Gasteiger charge is -2.16. The van der Waals surface area contributed by atoms with Gasteiger partial charge in [0.1, 0.15) is 11.6 Å². The van der Waals surface area contributed by atoms with Gasteiger partial charge < -0.3 is 5.32 Å². The van der Waals surface area contributed by atoms with Gasteiger partial charge in [0.25, 0.3) is 0 Å². The fourth-order valence-electron chi connectivity index (χ4n) is 1.61. The molecule has 17 heavy (non-hydrogen) atoms. The zero-order valence-electron chi connectivity index (χ0n) is 9.90. The quantitative estimate of drug-likeness (QED) is 0.802. The standard InChI is InChI=1S/C12H16BrF2NS/c1-16-8(5-6-17-2)7-9-11(14)4-3-10(13)12(9)15/h3-4,8,16H,5-7H2,1-2H3. The maximum atomic E-state index is 13.8. The highest BCUT2D eigenvalue weighted by Crippen LogP contribution is 2.23. The van der Waals surface area contributed by atoms with Crippen LogP contribution in [0.25, 0.3) is 0 Å². The van der Waals surface area contributed by atoms with Crippen molar-refractivity contribution in [3.05, 3.63) is 33.8 Å². The third-order valence-corrected chi connectivity index (χ3v) is 3.92. The minimum absolute atomic E-state index is 0.0979. The fourth-order valence-corrected chi connectivity index (χ4v) is 2.50. The normalized spacial score (nSPS) is 12.8. The Morgan fingerprint density at radius 1 is 1.41 bits per heavy atom. The van der Waals surface area contributed by atoms with Crippen LogP contribution in [0, 0.1) is 11.6 Å². The average molecular weight is 324 g/mol. The van der Waals surface area contributed by atoms with Crippen LogP contribution in [0.2, 0.25) is 0 Å². The van der Waals surface area contributed by atoms with Gasteiger partial charge in [0, 0.05) is 11.6 Å². The van der Waals surface area contributed by atoms with Crippen molar-refractivity contribution < 1.29 is 8.78 Å². The highest BCUT2D eigenvalue weighted by molar-refractivity contribution is 9.10. The Hall–Kier alpha value is -0.130. The second-order valence-corrected chi connectivity index (χ2v) is 5.63. The molecule has 1 aromatic rings. The molecule has 0 aliphatic carbocycles. The van der Waals surface area contributed by atoms with Crippen molar-refractivity contribution in [3.63, 3.8) is 0 Å². The van der Waals surface area contributed by atoms with Crippen LogP contribution in [0.3, 0.4) is 0 Å². The summed E-state index contributed by atoms with van der Waals surface area (Å²) in [5.41, 5.74) is 0.153. The summed E-state index contributed by atoms with van der Waals surface area (Å²) >= 11 is 4.81. The summed E-state index contributed by atoms with van der Waals surface area (Å²) in [4.78, 5) is 0. The molecular weight excluding hydrogens is 308 g/mol. The Balaban J connectivity index is 2.81. The van der Waals surface area contributed by atoms with Gasteiger partial charge in [0.05, 0.1) is 4.47 Å². The van der Waals surface area contributed by atoms with E-state index >= 15 is 0 Å². The van der Waals surface area contributed by atoms with Crippen LogP contribution < -0.4 is 5.32 Å². The molecule has 1 atom stereocenters. The van der Waals surface area contributed by atoms with E-state index in [4.69, 9.17) is 0 Å². The van der Waals surface area contributed by atoms with Crippen LogP contribution in [0.1, 0.15) is 12.0 Å². The molecule has 1 rings (SSSR count). The topological polar surface area (TPSA) is 12.0 Å². The maximum absolute atomic E-state index is 13.8. The summed E-state index contributed by atoms with van der Waals surface area (Å²) in [6.07, 6.45) is 3.28. The number of halogens is 3. The van der Waals surface area contributed by atoms with Gasteiger partial charge in [-0.05, 0) is 60.0 Å². The first-order valence-electron chi connectivity index (χ1n) is 5.38. The Bertz CT molecular complexity index is 374. The average Bonchev–Trinajstić information content (AvgIpc) is 2.33. The molecule has 0 fully saturated rings. The number of hydrogen-bond donors (Lipinski definition) is 1. The maximum Gasteiger partial charge on any atom is 0.143 e. The predicted molar refractivity (Wildman–Crippen MR) is 73.6 cm³/mol. The van der Waals surface area contributed by atoms with Crippen molar-refractivity contribution in [1.29, 1.82) is 0 Å². The zero-order chi connectivity index (χ0) is 12.8. The molecule has 0 bridgehead atoms. The van der Waals surface area contributed by atoms with Crippen LogP contribution in [0.4, 0.5) is 8.78 Å². The van der Waals surface area contributed by atoms with Gasteiger partial charge in [-0.25, -0.2) is 8.78 Å². The molecule has 1 N–H and O–H groups in total. The Kier molecular flexibility index (Phi) is 6.44. The highest BCUT2D eigenvalue weighted by Gasteiger charge is 2.16. The first-order chi connectivity index (χ1) is 8.10. The second-order valence-electron chi connectivity index (χ2n) is 3.79. The van der Waals surface area contributed by atoms with E-state index < -0.39 is 11.6 Å². The Morgan fingerprint density at radius 3 is 2.71 bits per heavy atom. The molecule has 0 aliphatic rings. The SMILES string of the molecule is CNC(CCSC)Cc1c(F)ccc(Br)c1F. The summed E-state index contributed by atoms with van der Waals surface area (Å²) in [5.74, 6) is 0.00690. The van der Waals surface area contributed by atoms with Gasteiger partial charge in [0.15, 0.2) is 0 Å². The number of rotatable bonds is 6. The first kappa shape index (κ1) is 14.9. The molecule has 1 aromatic carbocycles. The van der Waals surface area contributed by atoms with E-state index in [1.54, 1.807) is 11.8 Å². The highest BCUT2D eigenvalue weighted by atomic mass is 79.9. The molecule has 1 unspecified atom stereocenters. The van der Waals surface area contributed by atoms with Gasteiger partial charge in [-0.1, -0.05) is 0 Å². The van der Waals surface area contributed by atoms with E-state index in [0.717, 1.165) is 12.2 Å². The first-order valence-corrected chi connectivity index (χ1v) is 7.57. The van der Waals surface area contributed by atoms with Crippen molar-refractivity contribution in [2.75, 3.05) is 19.1 Å². The molecule has 0 aromatic heterocycles. The van der Waals surface area contributed by atoms with Crippen LogP contribution in [-0.2, 0) is 6.42 Å². The number of likely N-dealkylation sites (N-methyl/N-ethyl adjacent to an activating group) is 1. The third kappa shape index (κ3) is 4.23. The molecular formula is C12H16BrF2NS. The van der Waals surface area contributed by atoms with Crippen molar-refractivity contribution in [2.45, 2.75) is 18.9 Å². The monoisotopic (exact) mass is 323 g/mol. The molecule has 0 saturated heterocycles. The second kappa shape index (κ2) is 7.34. The number of hydrogen-bond acceptors (Lipinski definition) is 2. The Morgan fingerprint density at radius 2 is 2.12 bits per heavy atom. The molecule has 0 amide bonds. The molecule has 0 aliphatic heterocycles. The van der Waals surface area contributed by atoms with Gasteiger partial charge >= 0.3 is 0 Å². The van der Waals surface area contributed by atoms with Gasteiger partial charge in [-0.15, -0.1) is 0 Å². The lowest BCUT2D eigenvalue weighted by atomic mass is 10.0. The lowest BCUT2D eigenvalue weighted by Crippen LogP contribution is -2.29. The van der Waals surface area contributed by atoms with Crippen molar-refractivity contribution in [2.24, 2.45) is 0 Å². The fraction of sp³-hybridized carbons (Fsp3) is 0.500. The van der Waals surface area contributed by atoms with E-state index in [0.29, 0.717) is 10.9 Å².